The SMILES string of the molecule is CC(O)CC[C@@H](COC(=O)Nc1cc2ccccc2cn1)N(C)C(=O)NCc1ccccc1Cl. The van der Waals surface area contributed by atoms with Crippen LogP contribution in [0.15, 0.2) is 60.8 Å². The van der Waals surface area contributed by atoms with Crippen LogP contribution < -0.4 is 10.6 Å². The lowest BCUT2D eigenvalue weighted by Crippen LogP contribution is -2.46. The van der Waals surface area contributed by atoms with Gasteiger partial charge in [-0.1, -0.05) is 54.1 Å². The lowest BCUT2D eigenvalue weighted by Gasteiger charge is -2.28. The molecule has 0 saturated heterocycles. The van der Waals surface area contributed by atoms with E-state index < -0.39 is 18.2 Å². The number of carbonyl (C=O) groups excluding carboxylic acids is 2. The number of nitrogens with zero attached hydrogens (tertiary/aromatic N) is 2. The summed E-state index contributed by atoms with van der Waals surface area (Å²) in [7, 11) is 1.63. The van der Waals surface area contributed by atoms with Crippen LogP contribution >= 0.6 is 11.6 Å². The number of likely N-dealkylation sites (N-methyl/N-ethyl adjacent to an activating group) is 1. The Bertz CT molecular complexity index is 1120. The highest BCUT2D eigenvalue weighted by atomic mass is 35.5. The first-order chi connectivity index (χ1) is 16.3. The smallest absolute Gasteiger partial charge is 0.412 e. The maximum Gasteiger partial charge on any atom is 0.412 e. The number of aliphatic hydroxyl groups excluding tert-OH is 1. The monoisotopic (exact) mass is 484 g/mol. The molecule has 0 aliphatic heterocycles. The first kappa shape index (κ1) is 25.3. The van der Waals surface area contributed by atoms with Crippen molar-refractivity contribution in [3.63, 3.8) is 0 Å². The highest BCUT2D eigenvalue weighted by Crippen LogP contribution is 2.17. The predicted octanol–water partition coefficient (Wildman–Crippen LogP) is 4.81. The Labute approximate surface area is 203 Å². The second-order valence-corrected chi connectivity index (χ2v) is 8.49. The zero-order chi connectivity index (χ0) is 24.5. The van der Waals surface area contributed by atoms with Gasteiger partial charge in [-0.15, -0.1) is 0 Å². The lowest BCUT2D eigenvalue weighted by molar-refractivity contribution is 0.102. The van der Waals surface area contributed by atoms with Crippen molar-refractivity contribution in [2.24, 2.45) is 0 Å². The van der Waals surface area contributed by atoms with Gasteiger partial charge in [-0.2, -0.15) is 0 Å². The zero-order valence-electron chi connectivity index (χ0n) is 19.2. The summed E-state index contributed by atoms with van der Waals surface area (Å²) in [5.74, 6) is 0.370. The van der Waals surface area contributed by atoms with Gasteiger partial charge in [-0.3, -0.25) is 5.32 Å². The third-order valence-electron chi connectivity index (χ3n) is 5.44. The molecule has 180 valence electrons. The van der Waals surface area contributed by atoms with Gasteiger partial charge in [0.2, 0.25) is 0 Å². The van der Waals surface area contributed by atoms with Gasteiger partial charge in [0.15, 0.2) is 0 Å². The molecular formula is C25H29ClN4O4. The fourth-order valence-corrected chi connectivity index (χ4v) is 3.59. The number of nitrogens with one attached hydrogen (secondary N) is 2. The number of aliphatic hydroxyl groups is 1. The normalized spacial score (nSPS) is 12.6. The highest BCUT2D eigenvalue weighted by molar-refractivity contribution is 6.31. The average Bonchev–Trinajstić information content (AvgIpc) is 2.82. The van der Waals surface area contributed by atoms with Gasteiger partial charge in [0, 0.05) is 30.2 Å². The third kappa shape index (κ3) is 7.33. The number of urea groups is 1. The van der Waals surface area contributed by atoms with Crippen LogP contribution in [-0.4, -0.2) is 52.9 Å². The van der Waals surface area contributed by atoms with Crippen LogP contribution in [0.4, 0.5) is 15.4 Å². The van der Waals surface area contributed by atoms with Crippen molar-refractivity contribution in [1.82, 2.24) is 15.2 Å². The molecule has 3 rings (SSSR count). The molecular weight excluding hydrogens is 456 g/mol. The van der Waals surface area contributed by atoms with Crippen molar-refractivity contribution in [3.05, 3.63) is 71.4 Å². The van der Waals surface area contributed by atoms with E-state index in [9.17, 15) is 14.7 Å². The molecule has 9 heteroatoms. The number of anilines is 1. The van der Waals surface area contributed by atoms with E-state index in [2.05, 4.69) is 15.6 Å². The van der Waals surface area contributed by atoms with Gasteiger partial charge in [0.05, 0.1) is 12.1 Å². The molecule has 1 aromatic heterocycles. The van der Waals surface area contributed by atoms with Crippen LogP contribution in [0.1, 0.15) is 25.3 Å². The molecule has 0 spiro atoms. The van der Waals surface area contributed by atoms with Gasteiger partial charge in [-0.25, -0.2) is 14.6 Å². The number of fused-ring (bicyclic) bond motifs is 1. The topological polar surface area (TPSA) is 104 Å². The molecule has 1 unspecified atom stereocenters. The predicted molar refractivity (Wildman–Crippen MR) is 133 cm³/mol. The zero-order valence-corrected chi connectivity index (χ0v) is 20.0. The summed E-state index contributed by atoms with van der Waals surface area (Å²) < 4.78 is 5.39. The number of benzene rings is 2. The number of ether oxygens (including phenoxy) is 1. The summed E-state index contributed by atoms with van der Waals surface area (Å²) in [5.41, 5.74) is 0.796. The minimum Gasteiger partial charge on any atom is -0.447 e. The van der Waals surface area contributed by atoms with Crippen LogP contribution in [0.25, 0.3) is 10.8 Å². The van der Waals surface area contributed by atoms with E-state index in [1.165, 1.54) is 4.90 Å². The molecule has 0 fully saturated rings. The number of hydrogen-bond donors (Lipinski definition) is 3. The number of carbonyl (C=O) groups is 2. The summed E-state index contributed by atoms with van der Waals surface area (Å²) in [4.78, 5) is 30.8. The molecule has 0 aliphatic carbocycles. The number of hydrogen-bond acceptors (Lipinski definition) is 5. The van der Waals surface area contributed by atoms with E-state index >= 15 is 0 Å². The third-order valence-corrected chi connectivity index (χ3v) is 5.81. The van der Waals surface area contributed by atoms with Crippen LogP contribution in [0.2, 0.25) is 5.02 Å². The summed E-state index contributed by atoms with van der Waals surface area (Å²) in [6, 6.07) is 15.9. The van der Waals surface area contributed by atoms with E-state index in [4.69, 9.17) is 16.3 Å². The van der Waals surface area contributed by atoms with Crippen LogP contribution in [-0.2, 0) is 11.3 Å². The fraction of sp³-hybridized carbons (Fsp3) is 0.320. The van der Waals surface area contributed by atoms with E-state index in [1.54, 1.807) is 32.3 Å². The van der Waals surface area contributed by atoms with Crippen LogP contribution in [0.3, 0.4) is 0 Å². The Morgan fingerprint density at radius 3 is 2.56 bits per heavy atom. The first-order valence-electron chi connectivity index (χ1n) is 11.0. The highest BCUT2D eigenvalue weighted by Gasteiger charge is 2.22. The first-order valence-corrected chi connectivity index (χ1v) is 11.4. The number of aromatic nitrogens is 1. The maximum atomic E-state index is 12.7. The van der Waals surface area contributed by atoms with E-state index in [1.807, 2.05) is 42.5 Å². The molecule has 1 heterocycles. The molecule has 0 aliphatic rings. The molecule has 34 heavy (non-hydrogen) atoms. The Morgan fingerprint density at radius 2 is 1.82 bits per heavy atom. The van der Waals surface area contributed by atoms with Gasteiger partial charge in [0.25, 0.3) is 0 Å². The van der Waals surface area contributed by atoms with Crippen LogP contribution in [0, 0.1) is 0 Å². The van der Waals surface area contributed by atoms with Gasteiger partial charge >= 0.3 is 12.1 Å². The molecule has 0 radical (unpaired) electrons. The Hall–Kier alpha value is -3.36. The van der Waals surface area contributed by atoms with E-state index in [0.717, 1.165) is 16.3 Å². The average molecular weight is 485 g/mol. The molecule has 0 bridgehead atoms. The molecule has 3 aromatic rings. The summed E-state index contributed by atoms with van der Waals surface area (Å²) >= 11 is 6.16. The Morgan fingerprint density at radius 1 is 1.12 bits per heavy atom. The maximum absolute atomic E-state index is 12.7. The molecule has 3 amide bonds. The standard InChI is InChI=1S/C25H29ClN4O4/c1-17(31)11-12-21(30(2)24(32)28-15-20-9-5-6-10-22(20)26)16-34-25(33)29-23-13-18-7-3-4-8-19(18)14-27-23/h3-10,13-14,17,21,31H,11-12,15-16H2,1-2H3,(H,28,32)(H,27,29,33)/t17?,21-/m0/s1. The molecule has 3 N–H and O–H groups in total. The van der Waals surface area contributed by atoms with Crippen molar-refractivity contribution in [3.8, 4) is 0 Å². The summed E-state index contributed by atoms with van der Waals surface area (Å²) in [6.07, 6.45) is 1.36. The quantitative estimate of drug-likeness (QED) is 0.404. The van der Waals surface area contributed by atoms with Crippen molar-refractivity contribution >= 4 is 40.3 Å². The number of rotatable bonds is 9. The molecule has 2 atom stereocenters. The molecule has 8 nitrogen and oxygen atoms in total. The minimum atomic E-state index is -0.672. The molecule has 2 aromatic carbocycles. The van der Waals surface area contributed by atoms with Crippen molar-refractivity contribution in [2.45, 2.75) is 38.5 Å². The minimum absolute atomic E-state index is 0.0395. The molecule has 0 saturated carbocycles. The van der Waals surface area contributed by atoms with Crippen molar-refractivity contribution in [2.75, 3.05) is 19.0 Å². The van der Waals surface area contributed by atoms with Crippen molar-refractivity contribution in [1.29, 1.82) is 0 Å². The van der Waals surface area contributed by atoms with E-state index in [-0.39, 0.29) is 19.2 Å². The van der Waals surface area contributed by atoms with Gasteiger partial charge in [-0.05, 0) is 42.8 Å². The van der Waals surface area contributed by atoms with Gasteiger partial charge < -0.3 is 20.1 Å². The number of halogens is 1. The fourth-order valence-electron chi connectivity index (χ4n) is 3.39. The summed E-state index contributed by atoms with van der Waals surface area (Å²) in [5, 5.41) is 17.6. The second kappa shape index (κ2) is 12.2. The van der Waals surface area contributed by atoms with Gasteiger partial charge in [0.1, 0.15) is 12.4 Å². The Balaban J connectivity index is 1.57. The van der Waals surface area contributed by atoms with E-state index in [0.29, 0.717) is 23.7 Å². The lowest BCUT2D eigenvalue weighted by atomic mass is 10.1. The second-order valence-electron chi connectivity index (χ2n) is 8.08. The number of amides is 3. The summed E-state index contributed by atoms with van der Waals surface area (Å²) in [6.45, 7) is 1.90. The Kier molecular flexibility index (Phi) is 9.07. The number of pyridine rings is 1. The largest absolute Gasteiger partial charge is 0.447 e. The van der Waals surface area contributed by atoms with Crippen molar-refractivity contribution < 1.29 is 19.4 Å². The van der Waals surface area contributed by atoms with Crippen LogP contribution in [0.5, 0.6) is 0 Å².